The van der Waals surface area contributed by atoms with E-state index >= 15 is 0 Å². The molecule has 0 bridgehead atoms. The van der Waals surface area contributed by atoms with Gasteiger partial charge in [0.2, 0.25) is 0 Å². The van der Waals surface area contributed by atoms with Gasteiger partial charge in [0.15, 0.2) is 0 Å². The lowest BCUT2D eigenvalue weighted by atomic mass is 10.1. The van der Waals surface area contributed by atoms with E-state index in [0.717, 1.165) is 13.0 Å². The Kier molecular flexibility index (Phi) is 11.2. The van der Waals surface area contributed by atoms with Crippen molar-refractivity contribution >= 4 is 11.4 Å². The van der Waals surface area contributed by atoms with Gasteiger partial charge in [-0.05, 0) is 18.6 Å². The van der Waals surface area contributed by atoms with E-state index in [-0.39, 0.29) is 0 Å². The van der Waals surface area contributed by atoms with Crippen LogP contribution >= 0.6 is 0 Å². The molecule has 0 amide bonds. The van der Waals surface area contributed by atoms with Gasteiger partial charge in [0, 0.05) is 11.8 Å². The molecule has 0 radical (unpaired) electrons. The fraction of sp³-hybridized carbons (Fsp3) is 0.700. The molecule has 1 rings (SSSR count). The zero-order valence-electron chi connectivity index (χ0n) is 15.0. The van der Waals surface area contributed by atoms with E-state index in [2.05, 4.69) is 6.92 Å². The molecule has 0 saturated heterocycles. The normalized spacial score (nSPS) is 10.8. The molecule has 3 nitrogen and oxygen atoms in total. The van der Waals surface area contributed by atoms with E-state index < -0.39 is 0 Å². The molecule has 0 fully saturated rings. The number of hydrogen-bond donors (Lipinski definition) is 2. The number of unbranched alkanes of at least 4 members (excludes halogenated alkanes) is 11. The van der Waals surface area contributed by atoms with Gasteiger partial charge in [-0.2, -0.15) is 0 Å². The molecule has 0 heterocycles. The van der Waals surface area contributed by atoms with Crippen molar-refractivity contribution in [1.29, 1.82) is 0 Å². The second-order valence-corrected chi connectivity index (χ2v) is 6.53. The number of nitrogens with two attached hydrogens (primary N) is 2. The summed E-state index contributed by atoms with van der Waals surface area (Å²) in [5.74, 6) is 0.716. The fourth-order valence-corrected chi connectivity index (χ4v) is 2.80. The van der Waals surface area contributed by atoms with E-state index in [1.807, 2.05) is 0 Å². The highest BCUT2D eigenvalue weighted by molar-refractivity contribution is 5.59. The predicted molar refractivity (Wildman–Crippen MR) is 102 cm³/mol. The van der Waals surface area contributed by atoms with E-state index in [1.54, 1.807) is 18.2 Å². The Balaban J connectivity index is 1.87. The Morgan fingerprint density at radius 3 is 1.83 bits per heavy atom. The van der Waals surface area contributed by atoms with Gasteiger partial charge >= 0.3 is 0 Å². The summed E-state index contributed by atoms with van der Waals surface area (Å²) < 4.78 is 5.70. The summed E-state index contributed by atoms with van der Waals surface area (Å²) in [6.07, 6.45) is 16.2. The van der Waals surface area contributed by atoms with Crippen LogP contribution in [0.2, 0.25) is 0 Å². The van der Waals surface area contributed by atoms with E-state index in [1.165, 1.54) is 70.6 Å². The largest absolute Gasteiger partial charge is 0.491 e. The first-order chi connectivity index (χ1) is 11.2. The van der Waals surface area contributed by atoms with Gasteiger partial charge in [0.05, 0.1) is 12.3 Å². The molecule has 0 aliphatic rings. The molecule has 0 saturated carbocycles. The Morgan fingerprint density at radius 2 is 1.26 bits per heavy atom. The smallest absolute Gasteiger partial charge is 0.144 e. The molecule has 1 aromatic carbocycles. The molecule has 23 heavy (non-hydrogen) atoms. The van der Waals surface area contributed by atoms with Crippen molar-refractivity contribution in [2.24, 2.45) is 0 Å². The van der Waals surface area contributed by atoms with Crippen molar-refractivity contribution in [1.82, 2.24) is 0 Å². The van der Waals surface area contributed by atoms with Crippen LogP contribution in [0.25, 0.3) is 0 Å². The number of nitrogen functional groups attached to an aromatic ring is 2. The molecule has 0 aliphatic carbocycles. The first kappa shape index (κ1) is 19.7. The Hall–Kier alpha value is -1.38. The lowest BCUT2D eigenvalue weighted by molar-refractivity contribution is 0.306. The molecule has 0 unspecified atom stereocenters. The third-order valence-electron chi connectivity index (χ3n) is 4.29. The number of ether oxygens (including phenoxy) is 1. The highest BCUT2D eigenvalue weighted by Crippen LogP contribution is 2.24. The first-order valence-electron chi connectivity index (χ1n) is 9.52. The molecule has 0 spiro atoms. The molecular formula is C20H36N2O. The Labute approximate surface area is 142 Å². The SMILES string of the molecule is CCCCCCCCCCCCCCOc1cc(N)ccc1N. The molecule has 4 N–H and O–H groups in total. The van der Waals surface area contributed by atoms with Crippen LogP contribution in [-0.2, 0) is 0 Å². The van der Waals surface area contributed by atoms with Gasteiger partial charge in [0.1, 0.15) is 5.75 Å². The average Bonchev–Trinajstić information content (AvgIpc) is 2.55. The molecule has 1 aromatic rings. The lowest BCUT2D eigenvalue weighted by Crippen LogP contribution is -2.01. The van der Waals surface area contributed by atoms with Gasteiger partial charge in [-0.1, -0.05) is 77.6 Å². The van der Waals surface area contributed by atoms with E-state index in [9.17, 15) is 0 Å². The molecular weight excluding hydrogens is 284 g/mol. The van der Waals surface area contributed by atoms with Gasteiger partial charge < -0.3 is 16.2 Å². The van der Waals surface area contributed by atoms with Gasteiger partial charge in [-0.25, -0.2) is 0 Å². The van der Waals surface area contributed by atoms with Crippen molar-refractivity contribution < 1.29 is 4.74 Å². The summed E-state index contributed by atoms with van der Waals surface area (Å²) in [6.45, 7) is 3.00. The van der Waals surface area contributed by atoms with Crippen LogP contribution in [0.1, 0.15) is 84.0 Å². The van der Waals surface area contributed by atoms with Crippen LogP contribution in [0.4, 0.5) is 11.4 Å². The molecule has 0 aliphatic heterocycles. The Bertz CT molecular complexity index is 407. The van der Waals surface area contributed by atoms with E-state index in [0.29, 0.717) is 17.1 Å². The summed E-state index contributed by atoms with van der Waals surface area (Å²) >= 11 is 0. The van der Waals surface area contributed by atoms with Crippen LogP contribution in [0.15, 0.2) is 18.2 Å². The lowest BCUT2D eigenvalue weighted by Gasteiger charge is -2.09. The zero-order chi connectivity index (χ0) is 16.8. The second-order valence-electron chi connectivity index (χ2n) is 6.53. The van der Waals surface area contributed by atoms with E-state index in [4.69, 9.17) is 16.2 Å². The van der Waals surface area contributed by atoms with Crippen LogP contribution in [0.5, 0.6) is 5.75 Å². The summed E-state index contributed by atoms with van der Waals surface area (Å²) in [6, 6.07) is 5.40. The minimum absolute atomic E-state index is 0.665. The van der Waals surface area contributed by atoms with Crippen molar-refractivity contribution in [2.75, 3.05) is 18.1 Å². The summed E-state index contributed by atoms with van der Waals surface area (Å²) in [5, 5.41) is 0. The Morgan fingerprint density at radius 1 is 0.739 bits per heavy atom. The third-order valence-corrected chi connectivity index (χ3v) is 4.29. The summed E-state index contributed by atoms with van der Waals surface area (Å²) in [5.41, 5.74) is 13.0. The van der Waals surface area contributed by atoms with Gasteiger partial charge in [-0.3, -0.25) is 0 Å². The minimum Gasteiger partial charge on any atom is -0.491 e. The summed E-state index contributed by atoms with van der Waals surface area (Å²) in [4.78, 5) is 0. The van der Waals surface area contributed by atoms with Crippen molar-refractivity contribution in [3.8, 4) is 5.75 Å². The molecule has 3 heteroatoms. The van der Waals surface area contributed by atoms with Crippen LogP contribution < -0.4 is 16.2 Å². The van der Waals surface area contributed by atoms with Crippen LogP contribution in [0.3, 0.4) is 0 Å². The number of hydrogen-bond acceptors (Lipinski definition) is 3. The molecule has 0 aromatic heterocycles. The monoisotopic (exact) mass is 320 g/mol. The summed E-state index contributed by atoms with van der Waals surface area (Å²) in [7, 11) is 0. The van der Waals surface area contributed by atoms with Crippen LogP contribution in [0, 0.1) is 0 Å². The van der Waals surface area contributed by atoms with Gasteiger partial charge in [-0.15, -0.1) is 0 Å². The van der Waals surface area contributed by atoms with Crippen molar-refractivity contribution in [3.05, 3.63) is 18.2 Å². The highest BCUT2D eigenvalue weighted by atomic mass is 16.5. The fourth-order valence-electron chi connectivity index (χ4n) is 2.80. The topological polar surface area (TPSA) is 61.3 Å². The first-order valence-corrected chi connectivity index (χ1v) is 9.52. The van der Waals surface area contributed by atoms with Gasteiger partial charge in [0.25, 0.3) is 0 Å². The number of benzene rings is 1. The maximum absolute atomic E-state index is 5.86. The minimum atomic E-state index is 0.665. The van der Waals surface area contributed by atoms with Crippen LogP contribution in [-0.4, -0.2) is 6.61 Å². The quantitative estimate of drug-likeness (QED) is 0.330. The third kappa shape index (κ3) is 10.1. The van der Waals surface area contributed by atoms with Crippen molar-refractivity contribution in [2.45, 2.75) is 84.0 Å². The maximum atomic E-state index is 5.86. The number of rotatable bonds is 14. The highest BCUT2D eigenvalue weighted by Gasteiger charge is 2.00. The second kappa shape index (κ2) is 13.1. The number of anilines is 2. The standard InChI is InChI=1S/C20H36N2O/c1-2-3-4-5-6-7-8-9-10-11-12-13-16-23-20-17-18(21)14-15-19(20)22/h14-15,17H,2-13,16,21-22H2,1H3. The molecule has 0 atom stereocenters. The predicted octanol–water partition coefficient (Wildman–Crippen LogP) is 5.93. The molecule has 132 valence electrons. The van der Waals surface area contributed by atoms with Crippen molar-refractivity contribution in [3.63, 3.8) is 0 Å². The average molecular weight is 321 g/mol. The zero-order valence-corrected chi connectivity index (χ0v) is 15.0. The maximum Gasteiger partial charge on any atom is 0.144 e.